The second-order valence-electron chi connectivity index (χ2n) is 6.97. The zero-order valence-electron chi connectivity index (χ0n) is 16.8. The van der Waals surface area contributed by atoms with Gasteiger partial charge in [0.25, 0.3) is 0 Å². The molecule has 1 aromatic heterocycles. The Hall–Kier alpha value is -1.33. The van der Waals surface area contributed by atoms with Gasteiger partial charge in [0.1, 0.15) is 0 Å². The topological polar surface area (TPSA) is 73.8 Å². The smallest absolute Gasteiger partial charge is 0.191 e. The van der Waals surface area contributed by atoms with E-state index in [4.69, 9.17) is 0 Å². The zero-order valence-corrected chi connectivity index (χ0v) is 20.8. The third-order valence-corrected chi connectivity index (χ3v) is 6.83. The molecule has 0 atom stereocenters. The van der Waals surface area contributed by atoms with E-state index in [9.17, 15) is 8.42 Å². The summed E-state index contributed by atoms with van der Waals surface area (Å²) in [5.74, 6) is 0.810. The molecule has 1 fully saturated rings. The van der Waals surface area contributed by atoms with Crippen molar-refractivity contribution in [2.24, 2.45) is 4.99 Å². The van der Waals surface area contributed by atoms with Crippen LogP contribution in [0, 0.1) is 0 Å². The van der Waals surface area contributed by atoms with Crippen LogP contribution >= 0.6 is 35.3 Å². The molecule has 160 valence electrons. The van der Waals surface area contributed by atoms with Gasteiger partial charge >= 0.3 is 0 Å². The molecule has 1 aliphatic heterocycles. The molecule has 0 amide bonds. The van der Waals surface area contributed by atoms with Gasteiger partial charge in [-0.2, -0.15) is 0 Å². The van der Waals surface area contributed by atoms with E-state index in [-0.39, 0.29) is 24.0 Å². The van der Waals surface area contributed by atoms with Crippen LogP contribution in [0.5, 0.6) is 0 Å². The maximum absolute atomic E-state index is 11.6. The van der Waals surface area contributed by atoms with E-state index in [1.165, 1.54) is 11.3 Å². The lowest BCUT2D eigenvalue weighted by molar-refractivity contribution is 0.463. The van der Waals surface area contributed by atoms with Crippen molar-refractivity contribution in [1.82, 2.24) is 10.6 Å². The number of nitrogens with zero attached hydrogens (tertiary/aromatic N) is 2. The highest BCUT2D eigenvalue weighted by molar-refractivity contribution is 14.0. The van der Waals surface area contributed by atoms with E-state index in [2.05, 4.69) is 45.0 Å². The van der Waals surface area contributed by atoms with Gasteiger partial charge < -0.3 is 15.5 Å². The Kier molecular flexibility index (Phi) is 9.22. The number of hydrogen-bond donors (Lipinski definition) is 2. The number of piperidine rings is 1. The molecule has 3 rings (SSSR count). The highest BCUT2D eigenvalue weighted by Gasteiger charge is 2.20. The molecule has 1 saturated heterocycles. The van der Waals surface area contributed by atoms with Gasteiger partial charge in [-0.05, 0) is 55.0 Å². The number of anilines is 1. The van der Waals surface area contributed by atoms with Crippen LogP contribution in [-0.4, -0.2) is 46.3 Å². The molecule has 0 saturated carbocycles. The number of halogens is 1. The minimum atomic E-state index is -3.16. The monoisotopic (exact) mass is 548 g/mol. The summed E-state index contributed by atoms with van der Waals surface area (Å²) < 4.78 is 23.1. The third kappa shape index (κ3) is 7.14. The van der Waals surface area contributed by atoms with Gasteiger partial charge in [0, 0.05) is 31.9 Å². The lowest BCUT2D eigenvalue weighted by Gasteiger charge is -2.33. The fourth-order valence-corrected chi connectivity index (χ4v) is 4.64. The molecule has 0 bridgehead atoms. The number of aliphatic imine (C=N–C) groups is 1. The van der Waals surface area contributed by atoms with Crippen molar-refractivity contribution >= 4 is 56.1 Å². The minimum Gasteiger partial charge on any atom is -0.363 e. The van der Waals surface area contributed by atoms with Crippen molar-refractivity contribution < 1.29 is 8.42 Å². The first-order valence-corrected chi connectivity index (χ1v) is 12.3. The maximum Gasteiger partial charge on any atom is 0.191 e. The highest BCUT2D eigenvalue weighted by atomic mass is 127. The highest BCUT2D eigenvalue weighted by Crippen LogP contribution is 2.24. The molecule has 0 unspecified atom stereocenters. The van der Waals surface area contributed by atoms with Crippen LogP contribution in [-0.2, 0) is 16.4 Å². The summed E-state index contributed by atoms with van der Waals surface area (Å²) in [7, 11) is -3.16. The van der Waals surface area contributed by atoms with Crippen LogP contribution in [0.3, 0.4) is 0 Å². The van der Waals surface area contributed by atoms with E-state index in [1.54, 1.807) is 23.5 Å². The fourth-order valence-electron chi connectivity index (χ4n) is 3.22. The van der Waals surface area contributed by atoms with E-state index in [0.29, 0.717) is 17.5 Å². The Bertz CT molecular complexity index is 876. The summed E-state index contributed by atoms with van der Waals surface area (Å²) in [4.78, 5) is 7.45. The lowest BCUT2D eigenvalue weighted by Crippen LogP contribution is -2.48. The number of thiophene rings is 1. The van der Waals surface area contributed by atoms with Crippen LogP contribution in [0.25, 0.3) is 0 Å². The molecule has 2 aromatic rings. The summed E-state index contributed by atoms with van der Waals surface area (Å²) >= 11 is 1.79. The predicted molar refractivity (Wildman–Crippen MR) is 132 cm³/mol. The van der Waals surface area contributed by atoms with Crippen molar-refractivity contribution in [2.75, 3.05) is 30.8 Å². The predicted octanol–water partition coefficient (Wildman–Crippen LogP) is 3.49. The van der Waals surface area contributed by atoms with Gasteiger partial charge in [-0.25, -0.2) is 13.4 Å². The van der Waals surface area contributed by atoms with Crippen molar-refractivity contribution in [3.05, 3.63) is 47.3 Å². The molecule has 1 aromatic carbocycles. The molecular formula is C20H29IN4O2S2. The summed E-state index contributed by atoms with van der Waals surface area (Å²) in [5.41, 5.74) is 0.983. The van der Waals surface area contributed by atoms with Gasteiger partial charge in [0.2, 0.25) is 0 Å². The van der Waals surface area contributed by atoms with Gasteiger partial charge in [0.15, 0.2) is 15.8 Å². The summed E-state index contributed by atoms with van der Waals surface area (Å²) in [5, 5.41) is 10.3. The molecule has 0 spiro atoms. The first-order valence-electron chi connectivity index (χ1n) is 9.58. The van der Waals surface area contributed by atoms with Crippen molar-refractivity contribution in [3.63, 3.8) is 0 Å². The van der Waals surface area contributed by atoms with Gasteiger partial charge in [-0.15, -0.1) is 35.3 Å². The van der Waals surface area contributed by atoms with Crippen LogP contribution in [0.1, 0.15) is 25.3 Å². The Morgan fingerprint density at radius 3 is 2.45 bits per heavy atom. The second kappa shape index (κ2) is 11.2. The Labute approximate surface area is 194 Å². The van der Waals surface area contributed by atoms with E-state index >= 15 is 0 Å². The Balaban J connectivity index is 0.00000300. The SMILES string of the molecule is CCNC(=NCc1ccc(S(C)(=O)=O)cc1)NC1CCN(c2cccs2)CC1.I. The zero-order chi connectivity index (χ0) is 20.0. The minimum absolute atomic E-state index is 0. The average molecular weight is 549 g/mol. The summed E-state index contributed by atoms with van der Waals surface area (Å²) in [6.45, 7) is 5.45. The van der Waals surface area contributed by atoms with Crippen LogP contribution < -0.4 is 15.5 Å². The van der Waals surface area contributed by atoms with E-state index < -0.39 is 9.84 Å². The van der Waals surface area contributed by atoms with Gasteiger partial charge in [-0.3, -0.25) is 0 Å². The fraction of sp³-hybridized carbons (Fsp3) is 0.450. The first-order chi connectivity index (χ1) is 13.5. The number of rotatable bonds is 6. The second-order valence-corrected chi connectivity index (χ2v) is 9.91. The normalized spacial score (nSPS) is 15.7. The number of benzene rings is 1. The molecule has 1 aliphatic rings. The molecule has 0 radical (unpaired) electrons. The van der Waals surface area contributed by atoms with E-state index in [1.807, 2.05) is 12.1 Å². The van der Waals surface area contributed by atoms with Gasteiger partial charge in [-0.1, -0.05) is 12.1 Å². The van der Waals surface area contributed by atoms with Crippen LogP contribution in [0.2, 0.25) is 0 Å². The van der Waals surface area contributed by atoms with Gasteiger partial charge in [0.05, 0.1) is 16.4 Å². The number of nitrogens with one attached hydrogen (secondary N) is 2. The molecule has 29 heavy (non-hydrogen) atoms. The van der Waals surface area contributed by atoms with Crippen molar-refractivity contribution in [2.45, 2.75) is 37.2 Å². The third-order valence-electron chi connectivity index (χ3n) is 4.77. The Morgan fingerprint density at radius 2 is 1.90 bits per heavy atom. The number of guanidine groups is 1. The summed E-state index contributed by atoms with van der Waals surface area (Å²) in [6.07, 6.45) is 3.37. The molecule has 0 aliphatic carbocycles. The van der Waals surface area contributed by atoms with Crippen LogP contribution in [0.15, 0.2) is 51.7 Å². The molecular weight excluding hydrogens is 519 g/mol. The standard InChI is InChI=1S/C20H28N4O2S2.HI/c1-3-21-20(22-15-16-6-8-18(9-7-16)28(2,25)26)23-17-10-12-24(13-11-17)19-5-4-14-27-19;/h4-9,14,17H,3,10-13,15H2,1-2H3,(H2,21,22,23);1H. The quantitative estimate of drug-likeness (QED) is 0.329. The number of hydrogen-bond acceptors (Lipinski definition) is 5. The maximum atomic E-state index is 11.6. The molecule has 2 heterocycles. The summed E-state index contributed by atoms with van der Waals surface area (Å²) in [6, 6.07) is 11.6. The molecule has 6 nitrogen and oxygen atoms in total. The first kappa shape index (κ1) is 23.9. The lowest BCUT2D eigenvalue weighted by atomic mass is 10.1. The van der Waals surface area contributed by atoms with Crippen molar-refractivity contribution in [1.29, 1.82) is 0 Å². The van der Waals surface area contributed by atoms with Crippen molar-refractivity contribution in [3.8, 4) is 0 Å². The molecule has 2 N–H and O–H groups in total. The van der Waals surface area contributed by atoms with Crippen LogP contribution in [0.4, 0.5) is 5.00 Å². The Morgan fingerprint density at radius 1 is 1.21 bits per heavy atom. The molecule has 9 heteroatoms. The van der Waals surface area contributed by atoms with E-state index in [0.717, 1.165) is 44.0 Å². The number of sulfone groups is 1. The average Bonchev–Trinajstić information content (AvgIpc) is 3.21. The largest absolute Gasteiger partial charge is 0.363 e.